The van der Waals surface area contributed by atoms with Gasteiger partial charge in [-0.1, -0.05) is 30.3 Å². The molecule has 31 heavy (non-hydrogen) atoms. The average Bonchev–Trinajstić information content (AvgIpc) is 3.15. The summed E-state index contributed by atoms with van der Waals surface area (Å²) in [5.41, 5.74) is 2.83. The Balaban J connectivity index is 0.00000272. The Morgan fingerprint density at radius 1 is 1.03 bits per heavy atom. The lowest BCUT2D eigenvalue weighted by Gasteiger charge is -2.10. The van der Waals surface area contributed by atoms with Crippen molar-refractivity contribution in [2.45, 2.75) is 19.6 Å². The molecule has 0 radical (unpaired) electrons. The molecule has 0 amide bonds. The Morgan fingerprint density at radius 2 is 1.84 bits per heavy atom. The second-order valence-corrected chi connectivity index (χ2v) is 7.61. The summed E-state index contributed by atoms with van der Waals surface area (Å²) in [6, 6.07) is 19.2. The number of pyridine rings is 1. The number of ether oxygens (including phenoxy) is 1. The highest BCUT2D eigenvalue weighted by molar-refractivity contribution is 5.85. The minimum Gasteiger partial charge on any atom is -0.489 e. The number of fused-ring (bicyclic) bond motifs is 1. The molecule has 0 unspecified atom stereocenters. The number of hydrogen-bond donors (Lipinski definition) is 0. The minimum absolute atomic E-state index is 0. The molecule has 2 heterocycles. The second-order valence-electron chi connectivity index (χ2n) is 7.61. The molecule has 4 aromatic rings. The van der Waals surface area contributed by atoms with Gasteiger partial charge >= 0.3 is 0 Å². The zero-order chi connectivity index (χ0) is 20.9. The summed E-state index contributed by atoms with van der Waals surface area (Å²) in [6.45, 7) is 2.32. The highest BCUT2D eigenvalue weighted by Crippen LogP contribution is 2.19. The Morgan fingerprint density at radius 3 is 2.58 bits per heavy atom. The van der Waals surface area contributed by atoms with E-state index in [1.165, 1.54) is 6.07 Å². The van der Waals surface area contributed by atoms with Crippen molar-refractivity contribution in [3.63, 3.8) is 0 Å². The van der Waals surface area contributed by atoms with Gasteiger partial charge in [0.2, 0.25) is 0 Å². The van der Waals surface area contributed by atoms with Crippen molar-refractivity contribution >= 4 is 23.3 Å². The van der Waals surface area contributed by atoms with Crippen LogP contribution in [0, 0.1) is 0 Å². The van der Waals surface area contributed by atoms with Gasteiger partial charge in [0.1, 0.15) is 12.4 Å². The molecule has 0 saturated heterocycles. The molecule has 162 valence electrons. The third-order valence-corrected chi connectivity index (χ3v) is 5.02. The van der Waals surface area contributed by atoms with Crippen LogP contribution in [0.3, 0.4) is 0 Å². The molecule has 2 aromatic carbocycles. The summed E-state index contributed by atoms with van der Waals surface area (Å²) in [6.07, 6.45) is 4.65. The van der Waals surface area contributed by atoms with Gasteiger partial charge in [0, 0.05) is 29.9 Å². The molecule has 2 aromatic heterocycles. The molecule has 0 bridgehead atoms. The maximum Gasteiger partial charge on any atom is 0.258 e. The van der Waals surface area contributed by atoms with Crippen LogP contribution in [-0.4, -0.2) is 39.9 Å². The molecule has 6 nitrogen and oxygen atoms in total. The third kappa shape index (κ3) is 5.54. The predicted molar refractivity (Wildman–Crippen MR) is 127 cm³/mol. The predicted octanol–water partition coefficient (Wildman–Crippen LogP) is 4.14. The van der Waals surface area contributed by atoms with Crippen LogP contribution in [0.15, 0.2) is 77.9 Å². The molecule has 0 fully saturated rings. The van der Waals surface area contributed by atoms with Crippen LogP contribution >= 0.6 is 12.4 Å². The van der Waals surface area contributed by atoms with Crippen LogP contribution in [0.25, 0.3) is 16.6 Å². The number of benzene rings is 2. The number of rotatable bonds is 8. The fourth-order valence-electron chi connectivity index (χ4n) is 3.44. The van der Waals surface area contributed by atoms with Crippen LogP contribution in [-0.2, 0) is 13.2 Å². The molecule has 4 rings (SSSR count). The Labute approximate surface area is 188 Å². The van der Waals surface area contributed by atoms with Crippen LogP contribution in [0.4, 0.5) is 0 Å². The summed E-state index contributed by atoms with van der Waals surface area (Å²) in [7, 11) is 4.15. The molecule has 7 heteroatoms. The van der Waals surface area contributed by atoms with Crippen molar-refractivity contribution in [3.05, 3.63) is 89.0 Å². The van der Waals surface area contributed by atoms with Gasteiger partial charge in [-0.05, 0) is 56.9 Å². The second kappa shape index (κ2) is 10.3. The van der Waals surface area contributed by atoms with Crippen LogP contribution in [0.2, 0.25) is 0 Å². The first-order valence-corrected chi connectivity index (χ1v) is 10.1. The Kier molecular flexibility index (Phi) is 7.50. The van der Waals surface area contributed by atoms with Crippen molar-refractivity contribution in [2.75, 3.05) is 20.6 Å². The molecular weight excluding hydrogens is 412 g/mol. The van der Waals surface area contributed by atoms with Crippen LogP contribution in [0.5, 0.6) is 5.75 Å². The van der Waals surface area contributed by atoms with Gasteiger partial charge in [-0.3, -0.25) is 14.0 Å². The van der Waals surface area contributed by atoms with Crippen molar-refractivity contribution in [2.24, 2.45) is 0 Å². The quantitative estimate of drug-likeness (QED) is 0.415. The summed E-state index contributed by atoms with van der Waals surface area (Å²) < 4.78 is 9.40. The molecule has 0 aliphatic carbocycles. The summed E-state index contributed by atoms with van der Waals surface area (Å²) in [4.78, 5) is 14.8. The normalized spacial score (nSPS) is 10.9. The third-order valence-electron chi connectivity index (χ3n) is 5.02. The van der Waals surface area contributed by atoms with Gasteiger partial charge in [0.25, 0.3) is 5.56 Å². The molecule has 0 aliphatic heterocycles. The van der Waals surface area contributed by atoms with E-state index in [9.17, 15) is 4.79 Å². The minimum atomic E-state index is -0.127. The zero-order valence-corrected chi connectivity index (χ0v) is 18.6. The molecule has 0 aliphatic rings. The topological polar surface area (TPSA) is 52.3 Å². The number of aryl methyl sites for hydroxylation is 1. The van der Waals surface area contributed by atoms with Gasteiger partial charge < -0.3 is 9.64 Å². The van der Waals surface area contributed by atoms with Crippen molar-refractivity contribution in [1.29, 1.82) is 0 Å². The molecule has 0 spiro atoms. The maximum atomic E-state index is 12.7. The first-order valence-electron chi connectivity index (χ1n) is 10.1. The molecular formula is C24H27ClN4O2. The lowest BCUT2D eigenvalue weighted by Crippen LogP contribution is -2.16. The van der Waals surface area contributed by atoms with Gasteiger partial charge in [-0.15, -0.1) is 12.4 Å². The Hall–Kier alpha value is -3.09. The number of aromatic nitrogens is 3. The largest absolute Gasteiger partial charge is 0.489 e. The first kappa shape index (κ1) is 22.6. The fraction of sp³-hybridized carbons (Fsp3) is 0.250. The maximum absolute atomic E-state index is 12.7. The molecule has 0 saturated carbocycles. The SMILES string of the molecule is CN(C)CCCn1ncc2cc(-n3ccc(OCc4ccccc4)cc3=O)ccc21.Cl. The first-order chi connectivity index (χ1) is 14.6. The zero-order valence-electron chi connectivity index (χ0n) is 17.8. The van der Waals surface area contributed by atoms with E-state index in [-0.39, 0.29) is 18.0 Å². The van der Waals surface area contributed by atoms with E-state index < -0.39 is 0 Å². The highest BCUT2D eigenvalue weighted by atomic mass is 35.5. The smallest absolute Gasteiger partial charge is 0.258 e. The number of halogens is 1. The van der Waals surface area contributed by atoms with Gasteiger partial charge in [-0.25, -0.2) is 0 Å². The van der Waals surface area contributed by atoms with Crippen molar-refractivity contribution < 1.29 is 4.74 Å². The Bertz CT molecular complexity index is 1190. The van der Waals surface area contributed by atoms with Crippen molar-refractivity contribution in [1.82, 2.24) is 19.2 Å². The van der Waals surface area contributed by atoms with Gasteiger partial charge in [0.05, 0.1) is 11.7 Å². The lowest BCUT2D eigenvalue weighted by molar-refractivity contribution is 0.305. The van der Waals surface area contributed by atoms with E-state index in [1.54, 1.807) is 10.8 Å². The van der Waals surface area contributed by atoms with E-state index in [0.29, 0.717) is 12.4 Å². The lowest BCUT2D eigenvalue weighted by atomic mass is 10.2. The van der Waals surface area contributed by atoms with Gasteiger partial charge in [0.15, 0.2) is 0 Å². The van der Waals surface area contributed by atoms with Crippen molar-refractivity contribution in [3.8, 4) is 11.4 Å². The summed E-state index contributed by atoms with van der Waals surface area (Å²) >= 11 is 0. The highest BCUT2D eigenvalue weighted by Gasteiger charge is 2.07. The molecule has 0 N–H and O–H groups in total. The summed E-state index contributed by atoms with van der Waals surface area (Å²) in [5.74, 6) is 0.565. The summed E-state index contributed by atoms with van der Waals surface area (Å²) in [5, 5.41) is 5.53. The number of hydrogen-bond acceptors (Lipinski definition) is 4. The monoisotopic (exact) mass is 438 g/mol. The van der Waals surface area contributed by atoms with E-state index in [2.05, 4.69) is 24.1 Å². The van der Waals surface area contributed by atoms with Gasteiger partial charge in [-0.2, -0.15) is 5.10 Å². The number of nitrogens with zero attached hydrogens (tertiary/aromatic N) is 4. The van der Waals surface area contributed by atoms with E-state index in [0.717, 1.165) is 41.7 Å². The van der Waals surface area contributed by atoms with Crippen LogP contribution < -0.4 is 10.3 Å². The van der Waals surface area contributed by atoms with E-state index in [1.807, 2.05) is 65.5 Å². The van der Waals surface area contributed by atoms with E-state index in [4.69, 9.17) is 4.74 Å². The average molecular weight is 439 g/mol. The standard InChI is InChI=1S/C24H26N4O2.ClH/c1-26(2)12-6-13-28-23-10-9-21(15-20(23)17-25-28)27-14-11-22(16-24(27)29)30-18-19-7-4-3-5-8-19;/h3-5,7-11,14-17H,6,12-13,18H2,1-2H3;1H. The van der Waals surface area contributed by atoms with E-state index >= 15 is 0 Å². The molecule has 0 atom stereocenters. The van der Waals surface area contributed by atoms with Crippen LogP contribution in [0.1, 0.15) is 12.0 Å². The fourth-order valence-corrected chi connectivity index (χ4v) is 3.44.